The van der Waals surface area contributed by atoms with E-state index in [-0.39, 0.29) is 23.9 Å². The number of piperidine rings is 1. The second-order valence-corrected chi connectivity index (χ2v) is 9.08. The van der Waals surface area contributed by atoms with Crippen LogP contribution in [0.4, 0.5) is 10.5 Å². The molecule has 2 fully saturated rings. The number of halogens is 2. The number of hydrogen-bond donors (Lipinski definition) is 2. The molecule has 2 aliphatic rings. The highest BCUT2D eigenvalue weighted by atomic mass is 79.9. The molecule has 170 valence electrons. The lowest BCUT2D eigenvalue weighted by Crippen LogP contribution is -2.37. The van der Waals surface area contributed by atoms with Crippen LogP contribution in [0.2, 0.25) is 5.02 Å². The fraction of sp³-hybridized carbons (Fsp3) is 0.333. The number of cyclic esters (lactones) is 1. The largest absolute Gasteiger partial charge is 0.447 e. The molecule has 0 aliphatic carbocycles. The Balaban J connectivity index is 0.000000238. The molecule has 1 atom stereocenters. The monoisotopic (exact) mass is 541 g/mol. The molecule has 1 N–H and O–H groups in total. The molecule has 4 rings (SSSR count). The van der Waals surface area contributed by atoms with E-state index in [4.69, 9.17) is 16.3 Å². The van der Waals surface area contributed by atoms with Crippen LogP contribution in [0, 0.1) is 10.1 Å². The van der Waals surface area contributed by atoms with Crippen molar-refractivity contribution in [1.29, 1.82) is 0 Å². The summed E-state index contributed by atoms with van der Waals surface area (Å²) in [5.41, 5.74) is 0.522. The summed E-state index contributed by atoms with van der Waals surface area (Å²) in [7, 11) is 0. The number of nitro groups is 1. The van der Waals surface area contributed by atoms with Crippen molar-refractivity contribution >= 4 is 57.8 Å². The summed E-state index contributed by atoms with van der Waals surface area (Å²) < 4.78 is 5.34. The van der Waals surface area contributed by atoms with Crippen LogP contribution in [-0.4, -0.2) is 41.0 Å². The van der Waals surface area contributed by atoms with Crippen LogP contribution in [-0.2, 0) is 11.3 Å². The van der Waals surface area contributed by atoms with E-state index >= 15 is 0 Å². The van der Waals surface area contributed by atoms with Crippen LogP contribution in [0.15, 0.2) is 45.8 Å². The average molecular weight is 543 g/mol. The molecule has 8 nitrogen and oxygen atoms in total. The molecule has 0 radical (unpaired) electrons. The SMILES string of the molecule is O=C(NCc1ccc(Cl)cc1)c1cc(S)c(Br)cc1[N+](=O)[O-].O=C1OCC2CCCCN12. The number of nitrogens with zero attached hydrogens (tertiary/aromatic N) is 2. The topological polar surface area (TPSA) is 102 Å². The zero-order valence-electron chi connectivity index (χ0n) is 16.9. The molecular weight excluding hydrogens is 522 g/mol. The zero-order chi connectivity index (χ0) is 23.3. The third kappa shape index (κ3) is 6.14. The van der Waals surface area contributed by atoms with Crippen LogP contribution in [0.1, 0.15) is 35.2 Å². The van der Waals surface area contributed by atoms with Gasteiger partial charge in [-0.1, -0.05) is 23.7 Å². The molecule has 0 spiro atoms. The van der Waals surface area contributed by atoms with Gasteiger partial charge in [-0.15, -0.1) is 12.6 Å². The molecule has 0 bridgehead atoms. The third-order valence-corrected chi connectivity index (χ3v) is 6.72. The molecule has 0 aromatic heterocycles. The van der Waals surface area contributed by atoms with Gasteiger partial charge in [-0.2, -0.15) is 0 Å². The molecule has 2 saturated heterocycles. The first-order chi connectivity index (χ1) is 15.3. The number of nitro benzene ring substituents is 1. The van der Waals surface area contributed by atoms with Crippen molar-refractivity contribution in [3.8, 4) is 0 Å². The van der Waals surface area contributed by atoms with Crippen LogP contribution in [0.3, 0.4) is 0 Å². The summed E-state index contributed by atoms with van der Waals surface area (Å²) in [5, 5.41) is 14.3. The Morgan fingerprint density at radius 2 is 2.03 bits per heavy atom. The van der Waals surface area contributed by atoms with E-state index in [1.54, 1.807) is 24.3 Å². The highest BCUT2D eigenvalue weighted by Gasteiger charge is 2.34. The number of nitrogens with one attached hydrogen (secondary N) is 1. The minimum Gasteiger partial charge on any atom is -0.447 e. The Hall–Kier alpha value is -2.30. The molecule has 1 unspecified atom stereocenters. The summed E-state index contributed by atoms with van der Waals surface area (Å²) in [6.07, 6.45) is 3.42. The van der Waals surface area contributed by atoms with E-state index in [1.165, 1.54) is 18.6 Å². The number of amides is 2. The molecular formula is C21H21BrClN3O5S. The lowest BCUT2D eigenvalue weighted by atomic mass is 10.0. The predicted molar refractivity (Wildman–Crippen MR) is 126 cm³/mol. The van der Waals surface area contributed by atoms with Crippen LogP contribution in [0.5, 0.6) is 0 Å². The lowest BCUT2D eigenvalue weighted by molar-refractivity contribution is -0.385. The van der Waals surface area contributed by atoms with Gasteiger partial charge in [-0.05, 0) is 59.0 Å². The molecule has 2 aliphatic heterocycles. The molecule has 2 amide bonds. The van der Waals surface area contributed by atoms with Crippen LogP contribution < -0.4 is 5.32 Å². The van der Waals surface area contributed by atoms with E-state index in [9.17, 15) is 19.7 Å². The fourth-order valence-corrected chi connectivity index (χ4v) is 4.08. The van der Waals surface area contributed by atoms with Gasteiger partial charge in [0.15, 0.2) is 0 Å². The average Bonchev–Trinajstić information content (AvgIpc) is 3.16. The van der Waals surface area contributed by atoms with Crippen LogP contribution in [0.25, 0.3) is 0 Å². The maximum atomic E-state index is 12.2. The Labute approximate surface area is 203 Å². The van der Waals surface area contributed by atoms with Gasteiger partial charge in [0, 0.05) is 33.5 Å². The van der Waals surface area contributed by atoms with Crippen molar-refractivity contribution in [1.82, 2.24) is 10.2 Å². The third-order valence-electron chi connectivity index (χ3n) is 5.13. The highest BCUT2D eigenvalue weighted by Crippen LogP contribution is 2.29. The number of thiol groups is 1. The molecule has 32 heavy (non-hydrogen) atoms. The van der Waals surface area contributed by atoms with Crippen LogP contribution >= 0.6 is 40.2 Å². The minimum atomic E-state index is -0.602. The first kappa shape index (κ1) is 24.3. The summed E-state index contributed by atoms with van der Waals surface area (Å²) in [6.45, 7) is 1.77. The zero-order valence-corrected chi connectivity index (χ0v) is 20.2. The number of fused-ring (bicyclic) bond motifs is 1. The summed E-state index contributed by atoms with van der Waals surface area (Å²) >= 11 is 13.1. The van der Waals surface area contributed by atoms with Gasteiger partial charge in [0.1, 0.15) is 12.2 Å². The van der Waals surface area contributed by atoms with Gasteiger partial charge >= 0.3 is 6.09 Å². The van der Waals surface area contributed by atoms with Crippen molar-refractivity contribution in [2.45, 2.75) is 36.7 Å². The Morgan fingerprint density at radius 1 is 1.31 bits per heavy atom. The Kier molecular flexibility index (Phi) is 8.38. The number of ether oxygens (including phenoxy) is 1. The van der Waals surface area contributed by atoms with Crippen molar-refractivity contribution in [3.63, 3.8) is 0 Å². The number of carbonyl (C=O) groups is 2. The maximum absolute atomic E-state index is 12.2. The second kappa shape index (κ2) is 11.0. The summed E-state index contributed by atoms with van der Waals surface area (Å²) in [5.74, 6) is -0.538. The second-order valence-electron chi connectivity index (χ2n) is 7.31. The highest BCUT2D eigenvalue weighted by molar-refractivity contribution is 9.10. The van der Waals surface area contributed by atoms with E-state index in [1.807, 2.05) is 4.90 Å². The maximum Gasteiger partial charge on any atom is 0.410 e. The first-order valence-corrected chi connectivity index (χ1v) is 11.5. The normalized spacial score (nSPS) is 17.0. The summed E-state index contributed by atoms with van der Waals surface area (Å²) in [4.78, 5) is 35.9. The first-order valence-electron chi connectivity index (χ1n) is 9.89. The van der Waals surface area contributed by atoms with Crippen molar-refractivity contribution in [2.24, 2.45) is 0 Å². The summed E-state index contributed by atoms with van der Waals surface area (Å²) in [6, 6.07) is 9.97. The Bertz CT molecular complexity index is 1020. The van der Waals surface area contributed by atoms with Crippen molar-refractivity contribution < 1.29 is 19.2 Å². The smallest absolute Gasteiger partial charge is 0.410 e. The fourth-order valence-electron chi connectivity index (χ4n) is 3.43. The number of hydrogen-bond acceptors (Lipinski definition) is 6. The van der Waals surface area contributed by atoms with Crippen molar-refractivity contribution in [2.75, 3.05) is 13.2 Å². The van der Waals surface area contributed by atoms with Gasteiger partial charge < -0.3 is 15.0 Å². The van der Waals surface area contributed by atoms with E-state index in [0.717, 1.165) is 24.9 Å². The van der Waals surface area contributed by atoms with E-state index < -0.39 is 10.8 Å². The number of benzene rings is 2. The Morgan fingerprint density at radius 3 is 2.69 bits per heavy atom. The minimum absolute atomic E-state index is 0.0350. The predicted octanol–water partition coefficient (Wildman–Crippen LogP) is 5.22. The van der Waals surface area contributed by atoms with Gasteiger partial charge in [0.05, 0.1) is 11.0 Å². The molecule has 11 heteroatoms. The van der Waals surface area contributed by atoms with Gasteiger partial charge in [-0.3, -0.25) is 14.9 Å². The van der Waals surface area contributed by atoms with E-state index in [0.29, 0.717) is 27.0 Å². The van der Waals surface area contributed by atoms with Crippen molar-refractivity contribution in [3.05, 3.63) is 67.1 Å². The molecule has 2 heterocycles. The molecule has 0 saturated carbocycles. The molecule has 2 aromatic rings. The number of rotatable bonds is 4. The number of carbonyl (C=O) groups excluding carboxylic acids is 2. The molecule has 2 aromatic carbocycles. The van der Waals surface area contributed by atoms with Gasteiger partial charge in [-0.25, -0.2) is 4.79 Å². The standard InChI is InChI=1S/C14H10BrClN2O3S.C7H11NO2/c15-11-6-12(18(20)21)10(5-13(11)22)14(19)17-7-8-1-3-9(16)4-2-8;9-7-8-4-2-1-3-6(8)5-10-7/h1-6,22H,7H2,(H,17,19);6H,1-5H2. The lowest BCUT2D eigenvalue weighted by Gasteiger charge is -2.25. The van der Waals surface area contributed by atoms with E-state index in [2.05, 4.69) is 33.9 Å². The quantitative estimate of drug-likeness (QED) is 0.313. The van der Waals surface area contributed by atoms with Gasteiger partial charge in [0.25, 0.3) is 11.6 Å². The van der Waals surface area contributed by atoms with Gasteiger partial charge in [0.2, 0.25) is 0 Å².